The second kappa shape index (κ2) is 4.80. The Kier molecular flexibility index (Phi) is 3.20. The molecule has 2 aromatic rings. The summed E-state index contributed by atoms with van der Waals surface area (Å²) in [7, 11) is 0. The Hall–Kier alpha value is -1.54. The van der Waals surface area contributed by atoms with Gasteiger partial charge in [0.2, 0.25) is 0 Å². The number of thiophene rings is 1. The molecule has 0 amide bonds. The minimum Gasteiger partial charge on any atom is -0.488 e. The van der Waals surface area contributed by atoms with E-state index in [0.717, 1.165) is 16.2 Å². The Labute approximate surface area is 93.6 Å². The highest BCUT2D eigenvalue weighted by molar-refractivity contribution is 7.11. The molecule has 0 bridgehead atoms. The molecule has 0 N–H and O–H groups in total. The molecule has 1 aromatic heterocycles. The average Bonchev–Trinajstić information content (AvgIpc) is 2.81. The molecule has 0 aliphatic carbocycles. The minimum absolute atomic E-state index is 0.581. The van der Waals surface area contributed by atoms with Gasteiger partial charge in [-0.25, -0.2) is 0 Å². The molecule has 1 nitrogen and oxygen atoms in total. The molecular weight excluding hydrogens is 204 g/mol. The van der Waals surface area contributed by atoms with Crippen LogP contribution in [-0.4, -0.2) is 0 Å². The summed E-state index contributed by atoms with van der Waals surface area (Å²) in [5, 5.41) is 2.02. The summed E-state index contributed by atoms with van der Waals surface area (Å²) in [5.41, 5.74) is 1.16. The topological polar surface area (TPSA) is 9.23 Å². The van der Waals surface area contributed by atoms with E-state index in [4.69, 9.17) is 4.74 Å². The Morgan fingerprint density at radius 3 is 2.60 bits per heavy atom. The van der Waals surface area contributed by atoms with Crippen LogP contribution in [0.1, 0.15) is 10.4 Å². The van der Waals surface area contributed by atoms with E-state index in [-0.39, 0.29) is 0 Å². The van der Waals surface area contributed by atoms with Gasteiger partial charge in [0, 0.05) is 0 Å². The number of benzene rings is 1. The fourth-order valence-electron chi connectivity index (χ4n) is 1.25. The lowest BCUT2D eigenvalue weighted by atomic mass is 10.2. The molecular formula is C13H12OS. The van der Waals surface area contributed by atoms with Gasteiger partial charge in [-0.2, -0.15) is 0 Å². The van der Waals surface area contributed by atoms with Crippen molar-refractivity contribution in [3.05, 3.63) is 64.9 Å². The van der Waals surface area contributed by atoms with E-state index in [9.17, 15) is 0 Å². The quantitative estimate of drug-likeness (QED) is 0.703. The molecule has 1 aromatic carbocycles. The number of hydrogen-bond donors (Lipinski definition) is 0. The molecule has 0 aliphatic heterocycles. The van der Waals surface area contributed by atoms with Gasteiger partial charge < -0.3 is 4.74 Å². The van der Waals surface area contributed by atoms with E-state index >= 15 is 0 Å². The number of rotatable bonds is 4. The van der Waals surface area contributed by atoms with E-state index < -0.39 is 0 Å². The van der Waals surface area contributed by atoms with E-state index in [1.807, 2.05) is 47.8 Å². The molecule has 76 valence electrons. The van der Waals surface area contributed by atoms with Crippen molar-refractivity contribution < 1.29 is 4.74 Å². The Balaban J connectivity index is 1.92. The predicted molar refractivity (Wildman–Crippen MR) is 64.6 cm³/mol. The van der Waals surface area contributed by atoms with Crippen molar-refractivity contribution in [1.82, 2.24) is 0 Å². The molecule has 0 saturated heterocycles. The lowest BCUT2D eigenvalue weighted by molar-refractivity contribution is 0.266. The standard InChI is InChI=1S/C13H12OS/c1-11(13-8-5-9-15-13)14-10-12-6-3-2-4-7-12/h2-9H,1,10H2. The maximum absolute atomic E-state index is 5.59. The summed E-state index contributed by atoms with van der Waals surface area (Å²) in [6.07, 6.45) is 0. The summed E-state index contributed by atoms with van der Waals surface area (Å²) in [4.78, 5) is 1.09. The van der Waals surface area contributed by atoms with Crippen molar-refractivity contribution in [3.63, 3.8) is 0 Å². The van der Waals surface area contributed by atoms with Gasteiger partial charge in [0.15, 0.2) is 0 Å². The van der Waals surface area contributed by atoms with Crippen molar-refractivity contribution in [2.75, 3.05) is 0 Å². The van der Waals surface area contributed by atoms with Gasteiger partial charge in [0.1, 0.15) is 12.4 Å². The van der Waals surface area contributed by atoms with Crippen molar-refractivity contribution in [2.45, 2.75) is 6.61 Å². The van der Waals surface area contributed by atoms with Crippen LogP contribution < -0.4 is 0 Å². The lowest BCUT2D eigenvalue weighted by Crippen LogP contribution is -1.90. The van der Waals surface area contributed by atoms with E-state index in [1.165, 1.54) is 0 Å². The normalized spacial score (nSPS) is 9.87. The summed E-state index contributed by atoms with van der Waals surface area (Å²) in [5.74, 6) is 0.744. The highest BCUT2D eigenvalue weighted by Gasteiger charge is 2.00. The molecule has 0 saturated carbocycles. The van der Waals surface area contributed by atoms with Crippen LogP contribution in [0, 0.1) is 0 Å². The summed E-state index contributed by atoms with van der Waals surface area (Å²) in [6, 6.07) is 14.1. The van der Waals surface area contributed by atoms with Crippen LogP contribution in [0.4, 0.5) is 0 Å². The first-order chi connectivity index (χ1) is 7.36. The number of hydrogen-bond acceptors (Lipinski definition) is 2. The van der Waals surface area contributed by atoms with Crippen molar-refractivity contribution in [2.24, 2.45) is 0 Å². The first-order valence-electron chi connectivity index (χ1n) is 4.76. The molecule has 1 heterocycles. The molecule has 0 atom stereocenters. The first kappa shape index (κ1) is 9.99. The van der Waals surface area contributed by atoms with Gasteiger partial charge in [0.05, 0.1) is 4.88 Å². The molecule has 2 heteroatoms. The van der Waals surface area contributed by atoms with Gasteiger partial charge in [-0.3, -0.25) is 0 Å². The van der Waals surface area contributed by atoms with E-state index in [1.54, 1.807) is 11.3 Å². The molecule has 0 aliphatic rings. The van der Waals surface area contributed by atoms with Crippen molar-refractivity contribution in [1.29, 1.82) is 0 Å². The second-order valence-corrected chi connectivity index (χ2v) is 4.12. The zero-order valence-corrected chi connectivity index (χ0v) is 9.17. The lowest BCUT2D eigenvalue weighted by Gasteiger charge is -2.06. The smallest absolute Gasteiger partial charge is 0.129 e. The monoisotopic (exact) mass is 216 g/mol. The zero-order chi connectivity index (χ0) is 10.5. The zero-order valence-electron chi connectivity index (χ0n) is 8.35. The molecule has 0 radical (unpaired) electrons. The van der Waals surface area contributed by atoms with Gasteiger partial charge in [-0.15, -0.1) is 11.3 Å². The SMILES string of the molecule is C=C(OCc1ccccc1)c1cccs1. The minimum atomic E-state index is 0.581. The van der Waals surface area contributed by atoms with Crippen LogP contribution in [0.25, 0.3) is 5.76 Å². The third-order valence-corrected chi connectivity index (χ3v) is 2.96. The Bertz CT molecular complexity index is 417. The Morgan fingerprint density at radius 2 is 1.93 bits per heavy atom. The van der Waals surface area contributed by atoms with Gasteiger partial charge in [-0.05, 0) is 17.0 Å². The highest BCUT2D eigenvalue weighted by Crippen LogP contribution is 2.20. The average molecular weight is 216 g/mol. The second-order valence-electron chi connectivity index (χ2n) is 3.17. The summed E-state index contributed by atoms with van der Waals surface area (Å²) >= 11 is 1.64. The van der Waals surface area contributed by atoms with E-state index in [2.05, 4.69) is 6.58 Å². The Morgan fingerprint density at radius 1 is 1.13 bits per heavy atom. The number of ether oxygens (including phenoxy) is 1. The largest absolute Gasteiger partial charge is 0.488 e. The highest BCUT2D eigenvalue weighted by atomic mass is 32.1. The van der Waals surface area contributed by atoms with Crippen molar-refractivity contribution >= 4 is 17.1 Å². The van der Waals surface area contributed by atoms with Crippen LogP contribution in [0.2, 0.25) is 0 Å². The fraction of sp³-hybridized carbons (Fsp3) is 0.0769. The molecule has 15 heavy (non-hydrogen) atoms. The van der Waals surface area contributed by atoms with Crippen molar-refractivity contribution in [3.8, 4) is 0 Å². The molecule has 2 rings (SSSR count). The third kappa shape index (κ3) is 2.70. The maximum atomic E-state index is 5.59. The van der Waals surface area contributed by atoms with Gasteiger partial charge >= 0.3 is 0 Å². The van der Waals surface area contributed by atoms with E-state index in [0.29, 0.717) is 6.61 Å². The fourth-order valence-corrected chi connectivity index (χ4v) is 1.90. The first-order valence-corrected chi connectivity index (χ1v) is 5.64. The molecule has 0 unspecified atom stereocenters. The van der Waals surface area contributed by atoms with Crippen LogP contribution in [-0.2, 0) is 11.3 Å². The van der Waals surface area contributed by atoms with Gasteiger partial charge in [-0.1, -0.05) is 43.0 Å². The third-order valence-electron chi connectivity index (χ3n) is 2.05. The van der Waals surface area contributed by atoms with Crippen LogP contribution >= 0.6 is 11.3 Å². The van der Waals surface area contributed by atoms with Crippen LogP contribution in [0.15, 0.2) is 54.4 Å². The van der Waals surface area contributed by atoms with Crippen LogP contribution in [0.5, 0.6) is 0 Å². The summed E-state index contributed by atoms with van der Waals surface area (Å²) in [6.45, 7) is 4.48. The molecule has 0 fully saturated rings. The maximum Gasteiger partial charge on any atom is 0.129 e. The van der Waals surface area contributed by atoms with Crippen LogP contribution in [0.3, 0.4) is 0 Å². The predicted octanol–water partition coefficient (Wildman–Crippen LogP) is 3.94. The summed E-state index contributed by atoms with van der Waals surface area (Å²) < 4.78 is 5.59. The van der Waals surface area contributed by atoms with Gasteiger partial charge in [0.25, 0.3) is 0 Å². The molecule has 0 spiro atoms.